The lowest BCUT2D eigenvalue weighted by molar-refractivity contribution is -0.120. The summed E-state index contributed by atoms with van der Waals surface area (Å²) in [6, 6.07) is 4.32. The first-order valence-corrected chi connectivity index (χ1v) is 21.9. The number of nitrogens with one attached hydrogen (secondary N) is 1. The van der Waals surface area contributed by atoms with Crippen LogP contribution >= 0.6 is 0 Å². The van der Waals surface area contributed by atoms with Crippen molar-refractivity contribution in [1.29, 1.82) is 0 Å². The lowest BCUT2D eigenvalue weighted by Crippen LogP contribution is -2.39. The van der Waals surface area contributed by atoms with E-state index in [9.17, 15) is 9.59 Å². The second-order valence-corrected chi connectivity index (χ2v) is 20.9. The van der Waals surface area contributed by atoms with E-state index in [1.807, 2.05) is 20.8 Å². The predicted molar refractivity (Wildman–Crippen MR) is 191 cm³/mol. The summed E-state index contributed by atoms with van der Waals surface area (Å²) in [7, 11) is -1.22. The number of ether oxygens (including phenoxy) is 1. The monoisotopic (exact) mass is 694 g/mol. The molecule has 0 radical (unpaired) electrons. The van der Waals surface area contributed by atoms with Crippen LogP contribution in [0.1, 0.15) is 105 Å². The number of nitrogens with two attached hydrogens (primary N) is 1. The lowest BCUT2D eigenvalue weighted by atomic mass is 9.63. The Morgan fingerprint density at radius 1 is 1.02 bits per heavy atom. The molecule has 49 heavy (non-hydrogen) atoms. The molecule has 0 aromatic carbocycles. The van der Waals surface area contributed by atoms with Gasteiger partial charge in [-0.3, -0.25) is 9.59 Å². The summed E-state index contributed by atoms with van der Waals surface area (Å²) in [5, 5.41) is 16.2. The minimum Gasteiger partial charge on any atom is -0.364 e. The maximum Gasteiger partial charge on any atom is 0.268 e. The van der Waals surface area contributed by atoms with Crippen LogP contribution in [0.15, 0.2) is 12.1 Å². The molecule has 3 aromatic heterocycles. The van der Waals surface area contributed by atoms with Gasteiger partial charge in [0.15, 0.2) is 0 Å². The molecule has 2 amide bonds. The third-order valence-corrected chi connectivity index (χ3v) is 12.3. The van der Waals surface area contributed by atoms with E-state index in [1.165, 1.54) is 17.5 Å². The summed E-state index contributed by atoms with van der Waals surface area (Å²) in [6.07, 6.45) is 10.9. The minimum absolute atomic E-state index is 0.0473. The van der Waals surface area contributed by atoms with E-state index in [0.29, 0.717) is 54.2 Å². The van der Waals surface area contributed by atoms with Gasteiger partial charge in [-0.25, -0.2) is 14.3 Å². The fraction of sp³-hybridized carbons (Fsp3) is 0.667. The minimum atomic E-state index is -1.22. The van der Waals surface area contributed by atoms with Crippen molar-refractivity contribution in [1.82, 2.24) is 29.8 Å². The molecule has 3 heterocycles. The molecule has 5 rings (SSSR count). The van der Waals surface area contributed by atoms with Gasteiger partial charge in [0.2, 0.25) is 11.9 Å². The van der Waals surface area contributed by atoms with E-state index < -0.39 is 25.8 Å². The Kier molecular flexibility index (Phi) is 12.1. The molecule has 0 bridgehead atoms. The number of amides is 2. The van der Waals surface area contributed by atoms with Crippen molar-refractivity contribution in [2.75, 3.05) is 11.9 Å². The number of nitrogens with zero attached hydrogens (tertiary/aromatic N) is 6. The molecule has 2 saturated carbocycles. The molecular formula is C36H55FN8O3Si. The van der Waals surface area contributed by atoms with Gasteiger partial charge in [-0.15, -0.1) is 5.10 Å². The Hall–Kier alpha value is -3.45. The van der Waals surface area contributed by atoms with Crippen LogP contribution in [0.25, 0.3) is 11.1 Å². The molecule has 13 heteroatoms. The van der Waals surface area contributed by atoms with Crippen molar-refractivity contribution in [3.8, 4) is 11.1 Å². The van der Waals surface area contributed by atoms with Gasteiger partial charge in [0.1, 0.15) is 23.9 Å². The van der Waals surface area contributed by atoms with E-state index in [2.05, 4.69) is 45.4 Å². The quantitative estimate of drug-likeness (QED) is 0.103. The van der Waals surface area contributed by atoms with Crippen LogP contribution in [-0.4, -0.2) is 56.3 Å². The van der Waals surface area contributed by atoms with Crippen molar-refractivity contribution in [3.05, 3.63) is 40.9 Å². The number of pyridine rings is 1. The van der Waals surface area contributed by atoms with Crippen LogP contribution in [-0.2, 0) is 22.8 Å². The smallest absolute Gasteiger partial charge is 0.268 e. The number of anilines is 1. The van der Waals surface area contributed by atoms with Gasteiger partial charge in [-0.2, -0.15) is 9.49 Å². The Morgan fingerprint density at radius 2 is 1.65 bits per heavy atom. The van der Waals surface area contributed by atoms with E-state index >= 15 is 4.39 Å². The van der Waals surface area contributed by atoms with Crippen LogP contribution < -0.4 is 11.1 Å². The fourth-order valence-corrected chi connectivity index (χ4v) is 8.85. The van der Waals surface area contributed by atoms with Crippen molar-refractivity contribution in [3.63, 3.8) is 0 Å². The molecular weight excluding hydrogens is 640 g/mol. The number of halogens is 1. The van der Waals surface area contributed by atoms with E-state index in [4.69, 9.17) is 10.5 Å². The molecule has 0 spiro atoms. The van der Waals surface area contributed by atoms with Gasteiger partial charge in [0.25, 0.3) is 5.91 Å². The highest BCUT2D eigenvalue weighted by Crippen LogP contribution is 2.47. The number of aromatic nitrogens is 6. The van der Waals surface area contributed by atoms with Gasteiger partial charge in [-0.1, -0.05) is 89.1 Å². The van der Waals surface area contributed by atoms with Gasteiger partial charge in [-0.05, 0) is 56.7 Å². The van der Waals surface area contributed by atoms with Crippen molar-refractivity contribution in [2.24, 2.45) is 23.5 Å². The van der Waals surface area contributed by atoms with Gasteiger partial charge in [0.05, 0.1) is 11.6 Å². The fourth-order valence-electron chi connectivity index (χ4n) is 8.10. The molecule has 2 aliphatic rings. The Labute approximate surface area is 291 Å². The number of hydrogen-bond donors (Lipinski definition) is 2. The standard InChI is InChI=1S/C36H55FN8O3Si/c1-7-44-33(35(38)46)32(41-43-44)31(30(25-14-10-8-11-15-25)26-16-12-9-13-17-26)36(47)40-28-19-18-27(34(37)39-28)29-23(2)42-45(24(29)3)22-48-20-21-49(4,5)6/h18-19,25-26,30-31H,7-17,20-22H2,1-6H3,(H2,38,46)(H,39,40,47)/t31-/m0/s1. The van der Waals surface area contributed by atoms with Gasteiger partial charge < -0.3 is 15.8 Å². The van der Waals surface area contributed by atoms with Gasteiger partial charge >= 0.3 is 0 Å². The topological polar surface area (TPSA) is 143 Å². The van der Waals surface area contributed by atoms with Crippen LogP contribution in [0.3, 0.4) is 0 Å². The summed E-state index contributed by atoms with van der Waals surface area (Å²) in [4.78, 5) is 31.6. The summed E-state index contributed by atoms with van der Waals surface area (Å²) >= 11 is 0. The molecule has 3 aromatic rings. The number of primary amides is 1. The number of aryl methyl sites for hydroxylation is 2. The van der Waals surface area contributed by atoms with Gasteiger partial charge in [0, 0.05) is 38.0 Å². The van der Waals surface area contributed by atoms with Crippen LogP contribution in [0.5, 0.6) is 0 Å². The normalized spacial score (nSPS) is 17.1. The summed E-state index contributed by atoms with van der Waals surface area (Å²) in [5.41, 5.74) is 8.81. The molecule has 3 N–H and O–H groups in total. The SMILES string of the molecule is CCn1nnc([C@@H](C(=O)Nc2ccc(-c3c(C)nn(COCC[Si](C)(C)C)c3C)c(F)n2)C(C2CCCCC2)C2CCCCC2)c1C(N)=O. The average Bonchev–Trinajstić information content (AvgIpc) is 3.62. The number of rotatable bonds is 14. The second-order valence-electron chi connectivity index (χ2n) is 15.3. The summed E-state index contributed by atoms with van der Waals surface area (Å²) < 4.78 is 25.0. The largest absolute Gasteiger partial charge is 0.364 e. The van der Waals surface area contributed by atoms with Crippen LogP contribution in [0.4, 0.5) is 10.2 Å². The van der Waals surface area contributed by atoms with Crippen molar-refractivity contribution < 1.29 is 18.7 Å². The Morgan fingerprint density at radius 3 is 2.20 bits per heavy atom. The Balaban J connectivity index is 1.45. The average molecular weight is 695 g/mol. The van der Waals surface area contributed by atoms with E-state index in [0.717, 1.165) is 63.1 Å². The highest BCUT2D eigenvalue weighted by molar-refractivity contribution is 6.76. The molecule has 0 unspecified atom stereocenters. The third-order valence-electron chi connectivity index (χ3n) is 10.6. The first-order valence-electron chi connectivity index (χ1n) is 18.2. The molecule has 0 aliphatic heterocycles. The first-order chi connectivity index (χ1) is 23.4. The maximum absolute atomic E-state index is 15.9. The molecule has 1 atom stereocenters. The zero-order chi connectivity index (χ0) is 35.3. The molecule has 11 nitrogen and oxygen atoms in total. The van der Waals surface area contributed by atoms with E-state index in [-0.39, 0.29) is 23.3 Å². The number of carbonyl (C=O) groups is 2. The summed E-state index contributed by atoms with van der Waals surface area (Å²) in [5.74, 6) is -1.85. The molecule has 268 valence electrons. The van der Waals surface area contributed by atoms with Crippen LogP contribution in [0.2, 0.25) is 25.7 Å². The Bertz CT molecular complexity index is 1590. The van der Waals surface area contributed by atoms with Crippen LogP contribution in [0, 0.1) is 37.5 Å². The predicted octanol–water partition coefficient (Wildman–Crippen LogP) is 7.22. The number of carbonyl (C=O) groups excluding carboxylic acids is 2. The first kappa shape index (κ1) is 36.8. The van der Waals surface area contributed by atoms with E-state index in [1.54, 1.807) is 16.8 Å². The van der Waals surface area contributed by atoms with Crippen molar-refractivity contribution in [2.45, 2.75) is 130 Å². The second kappa shape index (κ2) is 16.1. The molecule has 0 saturated heterocycles. The highest BCUT2D eigenvalue weighted by atomic mass is 28.3. The molecule has 2 fully saturated rings. The number of hydrogen-bond acceptors (Lipinski definition) is 7. The zero-order valence-corrected chi connectivity index (χ0v) is 31.2. The molecule has 2 aliphatic carbocycles. The summed E-state index contributed by atoms with van der Waals surface area (Å²) in [6.45, 7) is 13.9. The third kappa shape index (κ3) is 8.65. The van der Waals surface area contributed by atoms with Crippen molar-refractivity contribution >= 4 is 25.7 Å². The highest BCUT2D eigenvalue weighted by Gasteiger charge is 2.44. The lowest BCUT2D eigenvalue weighted by Gasteiger charge is -2.41. The maximum atomic E-state index is 15.9. The zero-order valence-electron chi connectivity index (χ0n) is 30.2.